The second kappa shape index (κ2) is 4.55. The fraction of sp³-hybridized carbons (Fsp3) is 0.333. The number of phenolic OH excluding ortho intramolecular Hbond substituents is 4. The Balaban J connectivity index is 1.86. The topological polar surface area (TPSA) is 80.9 Å². The smallest absolute Gasteiger partial charge is 0.166 e. The van der Waals surface area contributed by atoms with Crippen LogP contribution in [0.3, 0.4) is 0 Å². The van der Waals surface area contributed by atoms with Gasteiger partial charge in [-0.3, -0.25) is 0 Å². The first-order chi connectivity index (χ1) is 10.9. The molecule has 0 amide bonds. The zero-order valence-electron chi connectivity index (χ0n) is 13.0. The minimum absolute atomic E-state index is 0.0142. The third-order valence-corrected chi connectivity index (χ3v) is 5.53. The van der Waals surface area contributed by atoms with Crippen LogP contribution in [0, 0.1) is 0 Å². The summed E-state index contributed by atoms with van der Waals surface area (Å²) in [6.07, 6.45) is 1.54. The molecule has 5 heteroatoms. The number of phenols is 4. The molecule has 0 aliphatic carbocycles. The second-order valence-electron chi connectivity index (χ2n) is 6.94. The molecule has 2 aliphatic rings. The minimum atomic E-state index is -0.0865. The van der Waals surface area contributed by atoms with Crippen molar-refractivity contribution in [2.24, 2.45) is 0 Å². The van der Waals surface area contributed by atoms with E-state index in [9.17, 15) is 20.4 Å². The molecule has 0 bridgehead atoms. The third-order valence-electron chi connectivity index (χ3n) is 5.53. The lowest BCUT2D eigenvalue weighted by Gasteiger charge is -2.48. The molecular formula is C18H20NO4+. The second-order valence-corrected chi connectivity index (χ2v) is 6.94. The quantitative estimate of drug-likeness (QED) is 0.444. The summed E-state index contributed by atoms with van der Waals surface area (Å²) in [7, 11) is 2.14. The van der Waals surface area contributed by atoms with E-state index in [1.54, 1.807) is 12.1 Å². The van der Waals surface area contributed by atoms with E-state index in [4.69, 9.17) is 0 Å². The highest BCUT2D eigenvalue weighted by Crippen LogP contribution is 2.48. The summed E-state index contributed by atoms with van der Waals surface area (Å²) in [6.45, 7) is 1.53. The first-order valence-corrected chi connectivity index (χ1v) is 7.81. The molecule has 4 rings (SSSR count). The van der Waals surface area contributed by atoms with Crippen molar-refractivity contribution in [2.75, 3.05) is 13.6 Å². The van der Waals surface area contributed by atoms with Crippen LogP contribution in [0.4, 0.5) is 0 Å². The number of fused-ring (bicyclic) bond motifs is 4. The van der Waals surface area contributed by atoms with Gasteiger partial charge < -0.3 is 24.9 Å². The molecule has 2 aliphatic heterocycles. The minimum Gasteiger partial charge on any atom is -0.504 e. The average molecular weight is 314 g/mol. The predicted molar refractivity (Wildman–Crippen MR) is 84.4 cm³/mol. The van der Waals surface area contributed by atoms with Crippen molar-refractivity contribution in [1.29, 1.82) is 0 Å². The monoisotopic (exact) mass is 314 g/mol. The van der Waals surface area contributed by atoms with Crippen LogP contribution in [0.5, 0.6) is 23.0 Å². The van der Waals surface area contributed by atoms with E-state index in [2.05, 4.69) is 7.05 Å². The van der Waals surface area contributed by atoms with E-state index in [1.165, 1.54) is 6.07 Å². The number of quaternary nitrogens is 1. The van der Waals surface area contributed by atoms with Crippen molar-refractivity contribution >= 4 is 0 Å². The normalized spacial score (nSPS) is 25.3. The number of benzene rings is 2. The number of hydrogen-bond donors (Lipinski definition) is 4. The number of rotatable bonds is 0. The molecule has 2 unspecified atom stereocenters. The Morgan fingerprint density at radius 3 is 2.48 bits per heavy atom. The average Bonchev–Trinajstić information content (AvgIpc) is 2.52. The number of aromatic hydroxyl groups is 4. The van der Waals surface area contributed by atoms with Crippen LogP contribution in [-0.4, -0.2) is 38.5 Å². The summed E-state index contributed by atoms with van der Waals surface area (Å²) in [6, 6.07) is 6.90. The highest BCUT2D eigenvalue weighted by Gasteiger charge is 2.44. The van der Waals surface area contributed by atoms with Gasteiger partial charge in [-0.25, -0.2) is 0 Å². The fourth-order valence-corrected chi connectivity index (χ4v) is 4.15. The van der Waals surface area contributed by atoms with E-state index >= 15 is 0 Å². The summed E-state index contributed by atoms with van der Waals surface area (Å²) in [5.41, 5.74) is 3.98. The highest BCUT2D eigenvalue weighted by molar-refractivity contribution is 5.52. The molecule has 23 heavy (non-hydrogen) atoms. The summed E-state index contributed by atoms with van der Waals surface area (Å²) in [4.78, 5) is 0. The van der Waals surface area contributed by atoms with Crippen LogP contribution in [0.15, 0.2) is 24.3 Å². The number of likely N-dealkylation sites (N-methyl/N-ethyl adjacent to an activating group) is 1. The van der Waals surface area contributed by atoms with Crippen molar-refractivity contribution in [3.8, 4) is 23.0 Å². The zero-order chi connectivity index (χ0) is 16.4. The SMILES string of the molecule is C[N+]12CCc3cc(O)c(O)cc3C1Cc1ccc(O)c(O)c1C2. The van der Waals surface area contributed by atoms with Crippen molar-refractivity contribution in [3.05, 3.63) is 46.5 Å². The van der Waals surface area contributed by atoms with Gasteiger partial charge in [-0.2, -0.15) is 0 Å². The molecule has 2 aromatic rings. The molecule has 0 saturated heterocycles. The first-order valence-electron chi connectivity index (χ1n) is 7.81. The van der Waals surface area contributed by atoms with Gasteiger partial charge in [-0.15, -0.1) is 0 Å². The number of nitrogens with zero attached hydrogens (tertiary/aromatic N) is 1. The van der Waals surface area contributed by atoms with Gasteiger partial charge in [0.05, 0.1) is 19.2 Å². The van der Waals surface area contributed by atoms with Crippen LogP contribution < -0.4 is 0 Å². The van der Waals surface area contributed by atoms with Crippen molar-refractivity contribution in [3.63, 3.8) is 0 Å². The Kier molecular flexibility index (Phi) is 2.81. The molecule has 0 spiro atoms. The molecule has 2 aromatic carbocycles. The largest absolute Gasteiger partial charge is 0.504 e. The van der Waals surface area contributed by atoms with Gasteiger partial charge in [-0.1, -0.05) is 6.07 Å². The van der Waals surface area contributed by atoms with E-state index in [-0.39, 0.29) is 29.0 Å². The van der Waals surface area contributed by atoms with Gasteiger partial charge in [0.15, 0.2) is 23.0 Å². The van der Waals surface area contributed by atoms with Gasteiger partial charge in [-0.05, 0) is 29.3 Å². The van der Waals surface area contributed by atoms with E-state index in [0.29, 0.717) is 6.54 Å². The van der Waals surface area contributed by atoms with Gasteiger partial charge in [0, 0.05) is 18.4 Å². The fourth-order valence-electron chi connectivity index (χ4n) is 4.15. The summed E-state index contributed by atoms with van der Waals surface area (Å²) < 4.78 is 0.723. The summed E-state index contributed by atoms with van der Waals surface area (Å²) in [5.74, 6) is -0.247. The van der Waals surface area contributed by atoms with E-state index in [0.717, 1.165) is 46.1 Å². The molecule has 0 saturated carbocycles. The highest BCUT2D eigenvalue weighted by atomic mass is 16.3. The van der Waals surface area contributed by atoms with Crippen molar-refractivity contribution < 1.29 is 24.9 Å². The van der Waals surface area contributed by atoms with Gasteiger partial charge in [0.25, 0.3) is 0 Å². The van der Waals surface area contributed by atoms with Gasteiger partial charge >= 0.3 is 0 Å². The van der Waals surface area contributed by atoms with Crippen LogP contribution in [-0.2, 0) is 19.4 Å². The Morgan fingerprint density at radius 1 is 0.957 bits per heavy atom. The zero-order valence-corrected chi connectivity index (χ0v) is 13.0. The lowest BCUT2D eigenvalue weighted by Crippen LogP contribution is -2.53. The van der Waals surface area contributed by atoms with Crippen LogP contribution in [0.25, 0.3) is 0 Å². The maximum Gasteiger partial charge on any atom is 0.166 e. The Hall–Kier alpha value is -2.40. The number of hydrogen-bond acceptors (Lipinski definition) is 4. The van der Waals surface area contributed by atoms with Gasteiger partial charge in [0.1, 0.15) is 12.6 Å². The van der Waals surface area contributed by atoms with Crippen LogP contribution in [0.2, 0.25) is 0 Å². The maximum absolute atomic E-state index is 10.2. The first kappa shape index (κ1) is 14.2. The molecule has 0 aromatic heterocycles. The summed E-state index contributed by atoms with van der Waals surface area (Å²) in [5, 5.41) is 39.6. The molecule has 120 valence electrons. The lowest BCUT2D eigenvalue weighted by molar-refractivity contribution is -0.956. The Bertz CT molecular complexity index is 817. The molecular weight excluding hydrogens is 294 g/mol. The van der Waals surface area contributed by atoms with E-state index < -0.39 is 0 Å². The van der Waals surface area contributed by atoms with Gasteiger partial charge in [0.2, 0.25) is 0 Å². The lowest BCUT2D eigenvalue weighted by atomic mass is 9.81. The van der Waals surface area contributed by atoms with Crippen LogP contribution >= 0.6 is 0 Å². The molecule has 2 atom stereocenters. The summed E-state index contributed by atoms with van der Waals surface area (Å²) >= 11 is 0. The Labute approximate surface area is 134 Å². The predicted octanol–water partition coefficient (Wildman–Crippen LogP) is 2.31. The van der Waals surface area contributed by atoms with Crippen molar-refractivity contribution in [1.82, 2.24) is 0 Å². The molecule has 4 N–H and O–H groups in total. The molecule has 5 nitrogen and oxygen atoms in total. The maximum atomic E-state index is 10.2. The van der Waals surface area contributed by atoms with Crippen LogP contribution in [0.1, 0.15) is 28.3 Å². The Morgan fingerprint density at radius 2 is 1.70 bits per heavy atom. The standard InChI is InChI=1S/C18H19NO4/c1-19-5-4-11-7-16(21)17(22)8-12(11)14(19)6-10-2-3-15(20)18(23)13(10)9-19/h2-3,7-8,14H,4-6,9H2,1H3,(H3-,20,21,22,23)/p+1. The molecule has 0 fully saturated rings. The third kappa shape index (κ3) is 1.96. The molecule has 2 heterocycles. The van der Waals surface area contributed by atoms with E-state index in [1.807, 2.05) is 6.07 Å². The van der Waals surface area contributed by atoms with Crippen molar-refractivity contribution in [2.45, 2.75) is 25.4 Å². The molecule has 0 radical (unpaired) electrons.